The van der Waals surface area contributed by atoms with Crippen LogP contribution in [0, 0.1) is 45.3 Å². The van der Waals surface area contributed by atoms with Crippen LogP contribution in [0.4, 0.5) is 0 Å². The number of carbonyl (C=O) groups excluding carboxylic acids is 1. The van der Waals surface area contributed by atoms with E-state index in [1.54, 1.807) is 13.0 Å². The van der Waals surface area contributed by atoms with Crippen LogP contribution in [0.5, 0.6) is 0 Å². The molecule has 4 fully saturated rings. The Morgan fingerprint density at radius 3 is 2.22 bits per heavy atom. The molecule has 0 radical (unpaired) electrons. The first kappa shape index (κ1) is 33.0. The van der Waals surface area contributed by atoms with E-state index in [9.17, 15) is 30.3 Å². The maximum absolute atomic E-state index is 12.6. The molecule has 0 bridgehead atoms. The van der Waals surface area contributed by atoms with Gasteiger partial charge in [0.05, 0.1) is 43.0 Å². The van der Waals surface area contributed by atoms with Gasteiger partial charge in [0, 0.05) is 11.0 Å². The van der Waals surface area contributed by atoms with Crippen molar-refractivity contribution in [1.29, 1.82) is 0 Å². The minimum Gasteiger partial charge on any atom is -0.462 e. The number of aliphatic hydroxyl groups is 5. The molecule has 4 saturated carbocycles. The van der Waals surface area contributed by atoms with Crippen molar-refractivity contribution in [2.24, 2.45) is 45.3 Å². The van der Waals surface area contributed by atoms with E-state index < -0.39 is 40.7 Å². The standard InChI is InChI=1S/C33H57BO7/c1-8-19(3)28(40)41-18-31(7)23-11-10-22(21(9-2)33(23,34)13-12-24(31)36)30(6)15-20-14-29(4,5)26(38)27(39)32(20,17-35)25(37)16-30/h8,20-27,35-39H,9-18,34H2,1-7H3/b19-8+/t20?,21?,22?,23?,24-,25+,26-,27-,30-,31+,32-,33?/m0/s1. The highest BCUT2D eigenvalue weighted by Gasteiger charge is 2.67. The number of hydrogen-bond acceptors (Lipinski definition) is 7. The average Bonchev–Trinajstić information content (AvgIpc) is 2.91. The fourth-order valence-corrected chi connectivity index (χ4v) is 10.8. The Morgan fingerprint density at radius 2 is 1.63 bits per heavy atom. The molecule has 5 N–H and O–H groups in total. The van der Waals surface area contributed by atoms with Crippen LogP contribution in [0.3, 0.4) is 0 Å². The molecule has 5 unspecified atom stereocenters. The summed E-state index contributed by atoms with van der Waals surface area (Å²) in [6, 6.07) is 0. The number of hydrogen-bond donors (Lipinski definition) is 5. The summed E-state index contributed by atoms with van der Waals surface area (Å²) in [6.45, 7) is 14.0. The number of esters is 1. The molecule has 4 rings (SSSR count). The topological polar surface area (TPSA) is 127 Å². The first-order valence-electron chi connectivity index (χ1n) is 16.1. The van der Waals surface area contributed by atoms with Gasteiger partial charge in [-0.2, -0.15) is 0 Å². The van der Waals surface area contributed by atoms with Crippen molar-refractivity contribution >= 4 is 13.8 Å². The summed E-state index contributed by atoms with van der Waals surface area (Å²) in [5.74, 6) is 0.447. The summed E-state index contributed by atoms with van der Waals surface area (Å²) < 4.78 is 5.80. The minimum atomic E-state index is -1.18. The second kappa shape index (κ2) is 11.2. The van der Waals surface area contributed by atoms with E-state index in [1.165, 1.54) is 0 Å². The number of carbonyl (C=O) groups is 1. The van der Waals surface area contributed by atoms with E-state index >= 15 is 0 Å². The normalized spacial score (nSPS) is 50.0. The Hall–Kier alpha value is -0.925. The summed E-state index contributed by atoms with van der Waals surface area (Å²) >= 11 is 0. The lowest BCUT2D eigenvalue weighted by atomic mass is 9.35. The van der Waals surface area contributed by atoms with E-state index in [4.69, 9.17) is 4.74 Å². The zero-order valence-electron chi connectivity index (χ0n) is 26.8. The molecule has 0 aromatic heterocycles. The van der Waals surface area contributed by atoms with Crippen molar-refractivity contribution in [3.8, 4) is 0 Å². The minimum absolute atomic E-state index is 0.0608. The largest absolute Gasteiger partial charge is 0.462 e. The molecule has 8 heteroatoms. The van der Waals surface area contributed by atoms with E-state index in [0.29, 0.717) is 36.7 Å². The Labute approximate surface area is 248 Å². The molecule has 7 nitrogen and oxygen atoms in total. The van der Waals surface area contributed by atoms with Gasteiger partial charge in [0.15, 0.2) is 0 Å². The SMILES string of the molecule is BC12CC[C@H](O)[C@](C)(COC(=O)/C(C)=C/C)C1CCC([C@@]1(C)CC3CC(C)(C)[C@@H](O)[C@H](O)[C@]3(CO)[C@H](O)C1)C2CC. The summed E-state index contributed by atoms with van der Waals surface area (Å²) in [5.41, 5.74) is -1.79. The van der Waals surface area contributed by atoms with Crippen LogP contribution >= 0.6 is 0 Å². The van der Waals surface area contributed by atoms with Gasteiger partial charge in [0.25, 0.3) is 0 Å². The highest BCUT2D eigenvalue weighted by atomic mass is 16.5. The zero-order chi connectivity index (χ0) is 30.8. The lowest BCUT2D eigenvalue weighted by Gasteiger charge is -2.67. The molecule has 0 spiro atoms. The second-order valence-corrected chi connectivity index (χ2v) is 16.0. The monoisotopic (exact) mass is 576 g/mol. The molecule has 0 amide bonds. The van der Waals surface area contributed by atoms with Gasteiger partial charge in [-0.25, -0.2) is 4.79 Å². The molecule has 4 aliphatic rings. The third-order valence-electron chi connectivity index (χ3n) is 13.5. The quantitative estimate of drug-likeness (QED) is 0.186. The van der Waals surface area contributed by atoms with Crippen molar-refractivity contribution in [3.63, 3.8) is 0 Å². The molecule has 0 aliphatic heterocycles. The number of aliphatic hydroxyl groups excluding tert-OH is 5. The highest BCUT2D eigenvalue weighted by molar-refractivity contribution is 6.16. The predicted molar refractivity (Wildman–Crippen MR) is 162 cm³/mol. The first-order valence-corrected chi connectivity index (χ1v) is 16.1. The van der Waals surface area contributed by atoms with Gasteiger partial charge in [0.2, 0.25) is 0 Å². The fraction of sp³-hybridized carbons (Fsp3) is 0.909. The summed E-state index contributed by atoms with van der Waals surface area (Å²) in [4.78, 5) is 12.6. The third kappa shape index (κ3) is 4.96. The van der Waals surface area contributed by atoms with Crippen LogP contribution in [0.15, 0.2) is 11.6 Å². The molecule has 0 aromatic rings. The van der Waals surface area contributed by atoms with Gasteiger partial charge >= 0.3 is 5.97 Å². The third-order valence-corrected chi connectivity index (χ3v) is 13.5. The highest BCUT2D eigenvalue weighted by Crippen LogP contribution is 2.70. The molecule has 0 heterocycles. The van der Waals surface area contributed by atoms with Crippen molar-refractivity contribution in [2.45, 2.75) is 130 Å². The Kier molecular flexibility index (Phi) is 9.02. The van der Waals surface area contributed by atoms with Gasteiger partial charge in [-0.05, 0) is 86.9 Å². The maximum atomic E-state index is 12.6. The number of fused-ring (bicyclic) bond motifs is 2. The predicted octanol–water partition coefficient (Wildman–Crippen LogP) is 3.41. The van der Waals surface area contributed by atoms with Crippen LogP contribution < -0.4 is 0 Å². The first-order chi connectivity index (χ1) is 19.0. The lowest BCUT2D eigenvalue weighted by molar-refractivity contribution is -0.259. The summed E-state index contributed by atoms with van der Waals surface area (Å²) in [5, 5.41) is 55.8. The van der Waals surface area contributed by atoms with Crippen LogP contribution in [0.2, 0.25) is 5.31 Å². The number of allylic oxidation sites excluding steroid dienone is 1. The second-order valence-electron chi connectivity index (χ2n) is 16.0. The van der Waals surface area contributed by atoms with Gasteiger partial charge in [-0.15, -0.1) is 0 Å². The van der Waals surface area contributed by atoms with Crippen molar-refractivity contribution in [3.05, 3.63) is 11.6 Å². The molecule has 0 saturated heterocycles. The molecule has 0 aromatic carbocycles. The summed E-state index contributed by atoms with van der Waals surface area (Å²) in [6.07, 6.45) is 4.48. The molecular weight excluding hydrogens is 519 g/mol. The number of rotatable bonds is 6. The van der Waals surface area contributed by atoms with Crippen molar-refractivity contribution in [2.75, 3.05) is 13.2 Å². The fourth-order valence-electron chi connectivity index (χ4n) is 10.8. The maximum Gasteiger partial charge on any atom is 0.333 e. The van der Waals surface area contributed by atoms with E-state index in [-0.39, 0.29) is 41.7 Å². The smallest absolute Gasteiger partial charge is 0.333 e. The van der Waals surface area contributed by atoms with Crippen molar-refractivity contribution < 1.29 is 35.1 Å². The molecular formula is C33H57BO7. The van der Waals surface area contributed by atoms with E-state index in [1.807, 2.05) is 20.8 Å². The van der Waals surface area contributed by atoms with E-state index in [0.717, 1.165) is 32.1 Å². The molecule has 4 aliphatic carbocycles. The van der Waals surface area contributed by atoms with Crippen LogP contribution in [0.25, 0.3) is 0 Å². The van der Waals surface area contributed by atoms with Gasteiger partial charge in [-0.1, -0.05) is 58.9 Å². The lowest BCUT2D eigenvalue weighted by Crippen LogP contribution is -2.68. The molecule has 234 valence electrons. The molecule has 12 atom stereocenters. The van der Waals surface area contributed by atoms with Crippen LogP contribution in [-0.2, 0) is 9.53 Å². The number of ether oxygens (including phenoxy) is 1. The van der Waals surface area contributed by atoms with Crippen LogP contribution in [-0.4, -0.2) is 77.0 Å². The Morgan fingerprint density at radius 1 is 0.976 bits per heavy atom. The summed E-state index contributed by atoms with van der Waals surface area (Å²) in [7, 11) is 2.38. The Balaban J connectivity index is 1.65. The van der Waals surface area contributed by atoms with Gasteiger partial charge in [-0.3, -0.25) is 0 Å². The van der Waals surface area contributed by atoms with Crippen LogP contribution in [0.1, 0.15) is 99.8 Å². The average molecular weight is 577 g/mol. The zero-order valence-corrected chi connectivity index (χ0v) is 26.8. The van der Waals surface area contributed by atoms with E-state index in [2.05, 4.69) is 28.6 Å². The van der Waals surface area contributed by atoms with Gasteiger partial charge < -0.3 is 30.3 Å². The molecule has 41 heavy (non-hydrogen) atoms. The van der Waals surface area contributed by atoms with Gasteiger partial charge in [0.1, 0.15) is 7.85 Å². The Bertz CT molecular complexity index is 1020. The van der Waals surface area contributed by atoms with Crippen molar-refractivity contribution in [1.82, 2.24) is 0 Å².